The van der Waals surface area contributed by atoms with Crippen LogP contribution in [0.15, 0.2) is 53.4 Å². The molecule has 3 heteroatoms. The van der Waals surface area contributed by atoms with Crippen LogP contribution in [0, 0.1) is 0 Å². The van der Waals surface area contributed by atoms with Crippen molar-refractivity contribution in [2.75, 3.05) is 0 Å². The molecule has 0 fully saturated rings. The van der Waals surface area contributed by atoms with Crippen LogP contribution in [0.1, 0.15) is 54.9 Å². The Morgan fingerprint density at radius 3 is 2.04 bits per heavy atom. The van der Waals surface area contributed by atoms with E-state index >= 15 is 0 Å². The molecule has 1 aromatic rings. The van der Waals surface area contributed by atoms with E-state index < -0.39 is 8.15 Å². The molecular formula is C21H34OP2. The van der Waals surface area contributed by atoms with Crippen molar-refractivity contribution in [3.05, 3.63) is 53.4 Å². The van der Waals surface area contributed by atoms with Crippen molar-refractivity contribution in [1.82, 2.24) is 0 Å². The number of hydrogen-bond donors (Lipinski definition) is 1. The van der Waals surface area contributed by atoms with Crippen molar-refractivity contribution in [2.24, 2.45) is 0 Å². The van der Waals surface area contributed by atoms with Crippen LogP contribution in [-0.4, -0.2) is 20.9 Å². The Kier molecular flexibility index (Phi) is 6.12. The van der Waals surface area contributed by atoms with Crippen LogP contribution in [-0.2, 0) is 0 Å². The second kappa shape index (κ2) is 7.41. The van der Waals surface area contributed by atoms with Gasteiger partial charge in [-0.1, -0.05) is 0 Å². The molecular weight excluding hydrogens is 330 g/mol. The molecule has 0 spiro atoms. The number of hydrogen-bond acceptors (Lipinski definition) is 1. The van der Waals surface area contributed by atoms with Crippen LogP contribution in [0.2, 0.25) is 0 Å². The zero-order valence-corrected chi connectivity index (χ0v) is 18.3. The summed E-state index contributed by atoms with van der Waals surface area (Å²) in [4.78, 5) is 11.1. The third-order valence-corrected chi connectivity index (χ3v) is 10.9. The first kappa shape index (κ1) is 19.8. The van der Waals surface area contributed by atoms with Crippen LogP contribution in [0.4, 0.5) is 0 Å². The van der Waals surface area contributed by atoms with E-state index in [0.717, 1.165) is 11.7 Å². The maximum absolute atomic E-state index is 11.1. The van der Waals surface area contributed by atoms with Crippen molar-refractivity contribution < 1.29 is 4.89 Å². The summed E-state index contributed by atoms with van der Waals surface area (Å²) in [5.74, 6) is 0. The fraction of sp³-hybridized carbons (Fsp3) is 0.524. The zero-order valence-electron chi connectivity index (χ0n) is 16.3. The molecule has 0 heterocycles. The van der Waals surface area contributed by atoms with Gasteiger partial charge in [0.15, 0.2) is 0 Å². The van der Waals surface area contributed by atoms with Crippen LogP contribution in [0.25, 0.3) is 0 Å². The Balaban J connectivity index is 2.41. The first-order chi connectivity index (χ1) is 11.0. The Bertz CT molecular complexity index is 603. The minimum absolute atomic E-state index is 0.222. The predicted octanol–water partition coefficient (Wildman–Crippen LogP) is 5.85. The van der Waals surface area contributed by atoms with Gasteiger partial charge in [0, 0.05) is 0 Å². The Labute approximate surface area is 150 Å². The fourth-order valence-corrected chi connectivity index (χ4v) is 11.4. The van der Waals surface area contributed by atoms with E-state index in [-0.39, 0.29) is 7.92 Å². The Morgan fingerprint density at radius 2 is 1.54 bits per heavy atom. The van der Waals surface area contributed by atoms with Gasteiger partial charge < -0.3 is 0 Å². The average molecular weight is 364 g/mol. The molecule has 1 aromatic carbocycles. The maximum atomic E-state index is 11.1. The van der Waals surface area contributed by atoms with Gasteiger partial charge in [0.05, 0.1) is 0 Å². The van der Waals surface area contributed by atoms with Crippen molar-refractivity contribution in [2.45, 2.75) is 70.9 Å². The molecule has 134 valence electrons. The number of allylic oxidation sites excluding steroid dienone is 4. The van der Waals surface area contributed by atoms with Gasteiger partial charge in [-0.2, -0.15) is 0 Å². The van der Waals surface area contributed by atoms with Crippen molar-refractivity contribution in [1.29, 1.82) is 0 Å². The molecule has 1 atom stereocenters. The van der Waals surface area contributed by atoms with E-state index in [1.165, 1.54) is 10.9 Å². The standard InChI is InChI=1S/C21H34OP2/c1-16(24(20(2,3)4)21(5,6)7)18-14-11-15-19(18)23(22)17-12-9-8-10-13-17/h8-13,15-16,22H,14,23H2,1-7H3/t16-/m1/s1. The summed E-state index contributed by atoms with van der Waals surface area (Å²) < 4.78 is 0. The summed E-state index contributed by atoms with van der Waals surface area (Å²) in [7, 11) is -2.29. The third-order valence-electron chi connectivity index (χ3n) is 4.75. The van der Waals surface area contributed by atoms with E-state index in [4.69, 9.17) is 0 Å². The van der Waals surface area contributed by atoms with Gasteiger partial charge in [-0.3, -0.25) is 0 Å². The summed E-state index contributed by atoms with van der Waals surface area (Å²) in [5.41, 5.74) is 2.03. The molecule has 0 amide bonds. The van der Waals surface area contributed by atoms with E-state index in [0.29, 0.717) is 16.0 Å². The third kappa shape index (κ3) is 4.37. The van der Waals surface area contributed by atoms with Crippen LogP contribution in [0.5, 0.6) is 0 Å². The second-order valence-electron chi connectivity index (χ2n) is 8.79. The van der Waals surface area contributed by atoms with Crippen LogP contribution < -0.4 is 5.30 Å². The molecule has 0 saturated heterocycles. The number of rotatable bonds is 4. The average Bonchev–Trinajstić information content (AvgIpc) is 2.93. The van der Waals surface area contributed by atoms with Gasteiger partial charge in [0.25, 0.3) is 0 Å². The van der Waals surface area contributed by atoms with E-state index in [9.17, 15) is 4.89 Å². The molecule has 24 heavy (non-hydrogen) atoms. The predicted molar refractivity (Wildman–Crippen MR) is 115 cm³/mol. The number of benzene rings is 1. The van der Waals surface area contributed by atoms with Gasteiger partial charge in [-0.25, -0.2) is 0 Å². The monoisotopic (exact) mass is 364 g/mol. The molecule has 0 aliphatic heterocycles. The SMILES string of the molecule is C[C@H](C1=C([PH2](O)c2ccccc2)C=CC1)P(C(C)(C)C)C(C)(C)C. The van der Waals surface area contributed by atoms with Crippen molar-refractivity contribution in [3.8, 4) is 0 Å². The molecule has 1 aliphatic rings. The van der Waals surface area contributed by atoms with Crippen molar-refractivity contribution in [3.63, 3.8) is 0 Å². The first-order valence-corrected chi connectivity index (χ1v) is 12.0. The zero-order chi connectivity index (χ0) is 18.1. The molecule has 0 unspecified atom stereocenters. The van der Waals surface area contributed by atoms with Gasteiger partial charge in [-0.05, 0) is 0 Å². The molecule has 2 rings (SSSR count). The van der Waals surface area contributed by atoms with Crippen LogP contribution in [0.3, 0.4) is 0 Å². The van der Waals surface area contributed by atoms with Gasteiger partial charge in [0.2, 0.25) is 0 Å². The van der Waals surface area contributed by atoms with Crippen LogP contribution >= 0.6 is 16.1 Å². The fourth-order valence-electron chi connectivity index (χ4n) is 4.36. The van der Waals surface area contributed by atoms with Crippen molar-refractivity contribution >= 4 is 21.4 Å². The summed E-state index contributed by atoms with van der Waals surface area (Å²) in [6.45, 7) is 16.7. The Morgan fingerprint density at radius 1 is 1.00 bits per heavy atom. The topological polar surface area (TPSA) is 20.2 Å². The molecule has 0 bridgehead atoms. The normalized spacial score (nSPS) is 17.6. The quantitative estimate of drug-likeness (QED) is 0.665. The summed E-state index contributed by atoms with van der Waals surface area (Å²) in [6, 6.07) is 10.2. The van der Waals surface area contributed by atoms with E-state index in [1.54, 1.807) is 0 Å². The molecule has 0 aromatic heterocycles. The summed E-state index contributed by atoms with van der Waals surface area (Å²) in [5, 5.41) is 2.98. The Hall–Kier alpha value is -0.480. The molecule has 0 saturated carbocycles. The molecule has 0 radical (unpaired) electrons. The second-order valence-corrected chi connectivity index (χ2v) is 15.1. The minimum atomic E-state index is -2.07. The molecule has 1 nitrogen and oxygen atoms in total. The van der Waals surface area contributed by atoms with E-state index in [2.05, 4.69) is 72.8 Å². The van der Waals surface area contributed by atoms with Gasteiger partial charge >= 0.3 is 150 Å². The van der Waals surface area contributed by atoms with Gasteiger partial charge in [0.1, 0.15) is 0 Å². The molecule has 1 N–H and O–H groups in total. The van der Waals surface area contributed by atoms with Gasteiger partial charge in [-0.15, -0.1) is 0 Å². The summed E-state index contributed by atoms with van der Waals surface area (Å²) in [6.07, 6.45) is 5.46. The summed E-state index contributed by atoms with van der Waals surface area (Å²) >= 11 is 0. The first-order valence-electron chi connectivity index (χ1n) is 8.95. The molecule has 1 aliphatic carbocycles. The van der Waals surface area contributed by atoms with E-state index in [1.807, 2.05) is 18.2 Å².